The molecule has 0 aliphatic carbocycles. The highest BCUT2D eigenvalue weighted by Gasteiger charge is 2.15. The van der Waals surface area contributed by atoms with Crippen molar-refractivity contribution in [2.45, 2.75) is 19.9 Å². The van der Waals surface area contributed by atoms with Crippen LogP contribution in [0.15, 0.2) is 35.1 Å². The lowest BCUT2D eigenvalue weighted by molar-refractivity contribution is -0.122. The lowest BCUT2D eigenvalue weighted by Gasteiger charge is -2.10. The Morgan fingerprint density at radius 2 is 2.33 bits per heavy atom. The molecule has 0 saturated carbocycles. The minimum Gasteiger partial charge on any atom is -0.500 e. The van der Waals surface area contributed by atoms with E-state index in [1.54, 1.807) is 11.3 Å². The molecule has 0 radical (unpaired) electrons. The molecule has 1 N–H and O–H groups in total. The van der Waals surface area contributed by atoms with Gasteiger partial charge in [0.25, 0.3) is 5.56 Å². The first kappa shape index (κ1) is 16.3. The van der Waals surface area contributed by atoms with Crippen molar-refractivity contribution >= 4 is 33.0 Å². The van der Waals surface area contributed by atoms with Gasteiger partial charge in [-0.1, -0.05) is 13.5 Å². The van der Waals surface area contributed by atoms with Gasteiger partial charge in [0.2, 0.25) is 5.91 Å². The van der Waals surface area contributed by atoms with Gasteiger partial charge in [-0.2, -0.15) is 5.10 Å². The van der Waals surface area contributed by atoms with E-state index in [0.717, 1.165) is 16.0 Å². The van der Waals surface area contributed by atoms with E-state index in [2.05, 4.69) is 17.0 Å². The van der Waals surface area contributed by atoms with Crippen molar-refractivity contribution < 1.29 is 9.53 Å². The van der Waals surface area contributed by atoms with E-state index in [1.807, 2.05) is 28.8 Å². The van der Waals surface area contributed by atoms with Crippen molar-refractivity contribution in [1.82, 2.24) is 19.5 Å². The minimum absolute atomic E-state index is 0.116. The number of carbonyl (C=O) groups excluding carboxylic acids is 1. The second-order valence-corrected chi connectivity index (χ2v) is 6.10. The Labute approximate surface area is 142 Å². The Bertz CT molecular complexity index is 953. The van der Waals surface area contributed by atoms with Crippen molar-refractivity contribution in [2.75, 3.05) is 13.2 Å². The summed E-state index contributed by atoms with van der Waals surface area (Å²) in [5.74, 6) is 0.470. The fourth-order valence-electron chi connectivity index (χ4n) is 2.58. The minimum atomic E-state index is -0.281. The number of thiophene rings is 1. The van der Waals surface area contributed by atoms with E-state index in [4.69, 9.17) is 4.74 Å². The van der Waals surface area contributed by atoms with Crippen LogP contribution in [0.4, 0.5) is 0 Å². The molecule has 24 heavy (non-hydrogen) atoms. The summed E-state index contributed by atoms with van der Waals surface area (Å²) in [6.07, 6.45) is 1.98. The molecule has 0 spiro atoms. The zero-order valence-corrected chi connectivity index (χ0v) is 14.1. The number of nitrogens with one attached hydrogen (secondary N) is 1. The summed E-state index contributed by atoms with van der Waals surface area (Å²) in [4.78, 5) is 24.6. The third-order valence-corrected chi connectivity index (χ3v) is 4.49. The monoisotopic (exact) mass is 346 g/mol. The molecule has 126 valence electrons. The van der Waals surface area contributed by atoms with Crippen LogP contribution in [0.25, 0.3) is 15.7 Å². The van der Waals surface area contributed by atoms with Gasteiger partial charge in [-0.05, 0) is 17.5 Å². The first-order valence-corrected chi connectivity index (χ1v) is 8.51. The molecule has 0 saturated heterocycles. The lowest BCUT2D eigenvalue weighted by Crippen LogP contribution is -2.36. The van der Waals surface area contributed by atoms with Crippen LogP contribution in [0.2, 0.25) is 0 Å². The Morgan fingerprint density at radius 3 is 3.08 bits per heavy atom. The smallest absolute Gasteiger partial charge is 0.291 e. The Balaban J connectivity index is 1.91. The highest BCUT2D eigenvalue weighted by molar-refractivity contribution is 7.17. The predicted molar refractivity (Wildman–Crippen MR) is 93.4 cm³/mol. The van der Waals surface area contributed by atoms with Crippen LogP contribution < -0.4 is 10.9 Å². The van der Waals surface area contributed by atoms with E-state index >= 15 is 0 Å². The number of amides is 1. The second-order valence-electron chi connectivity index (χ2n) is 5.16. The zero-order valence-electron chi connectivity index (χ0n) is 13.3. The molecule has 3 aromatic heterocycles. The van der Waals surface area contributed by atoms with E-state index in [9.17, 15) is 9.59 Å². The summed E-state index contributed by atoms with van der Waals surface area (Å²) < 4.78 is 9.07. The summed E-state index contributed by atoms with van der Waals surface area (Å²) in [5.41, 5.74) is 1.26. The van der Waals surface area contributed by atoms with Gasteiger partial charge in [0.05, 0.1) is 23.0 Å². The van der Waals surface area contributed by atoms with Crippen LogP contribution >= 0.6 is 11.3 Å². The van der Waals surface area contributed by atoms with Gasteiger partial charge in [-0.25, -0.2) is 4.68 Å². The number of ether oxygens (including phenoxy) is 1. The van der Waals surface area contributed by atoms with Crippen molar-refractivity contribution in [3.63, 3.8) is 0 Å². The number of hydrogen-bond donors (Lipinski definition) is 1. The quantitative estimate of drug-likeness (QED) is 0.520. The van der Waals surface area contributed by atoms with Gasteiger partial charge in [0, 0.05) is 6.42 Å². The number of nitrogens with zero attached hydrogens (tertiary/aromatic N) is 3. The average Bonchev–Trinajstić information content (AvgIpc) is 3.15. The lowest BCUT2D eigenvalue weighted by atomic mass is 10.4. The number of rotatable bonds is 7. The molecule has 1 amide bonds. The number of aromatic nitrogens is 3. The average molecular weight is 346 g/mol. The molecule has 3 heterocycles. The molecule has 3 rings (SSSR count). The predicted octanol–water partition coefficient (Wildman–Crippen LogP) is 1.55. The Kier molecular flexibility index (Phi) is 4.66. The Hall–Kier alpha value is -2.61. The maximum Gasteiger partial charge on any atom is 0.291 e. The summed E-state index contributed by atoms with van der Waals surface area (Å²) in [6, 6.07) is 3.83. The van der Waals surface area contributed by atoms with Crippen LogP contribution in [0, 0.1) is 0 Å². The maximum absolute atomic E-state index is 12.6. The second kappa shape index (κ2) is 6.88. The fourth-order valence-corrected chi connectivity index (χ4v) is 3.39. The fraction of sp³-hybridized carbons (Fsp3) is 0.312. The molecule has 0 aliphatic rings. The zero-order chi connectivity index (χ0) is 17.1. The highest BCUT2D eigenvalue weighted by atomic mass is 32.1. The molecule has 8 heteroatoms. The first-order chi connectivity index (χ1) is 11.7. The normalized spacial score (nSPS) is 11.0. The maximum atomic E-state index is 12.6. The molecule has 0 aliphatic heterocycles. The molecular weight excluding hydrogens is 328 g/mol. The molecule has 7 nitrogen and oxygen atoms in total. The topological polar surface area (TPSA) is 77.6 Å². The molecule has 0 bridgehead atoms. The standard InChI is InChI=1S/C16H18N4O3S/c1-3-14-18-19(10-15(21)17-6-7-23-4-2)16(22)12-9-13-11(20(12)14)5-8-24-13/h4-5,8-9H,2-3,6-7,10H2,1H3,(H,17,21). The van der Waals surface area contributed by atoms with Gasteiger partial charge in [0.1, 0.15) is 24.5 Å². The Morgan fingerprint density at radius 1 is 1.50 bits per heavy atom. The largest absolute Gasteiger partial charge is 0.500 e. The van der Waals surface area contributed by atoms with Crippen LogP contribution in [0.3, 0.4) is 0 Å². The molecule has 0 unspecified atom stereocenters. The van der Waals surface area contributed by atoms with Crippen LogP contribution in [-0.4, -0.2) is 33.2 Å². The summed E-state index contributed by atoms with van der Waals surface area (Å²) >= 11 is 1.58. The molecule has 3 aromatic rings. The van der Waals surface area contributed by atoms with Crippen LogP contribution in [0.1, 0.15) is 12.7 Å². The van der Waals surface area contributed by atoms with Crippen LogP contribution in [0.5, 0.6) is 0 Å². The van der Waals surface area contributed by atoms with Crippen molar-refractivity contribution in [1.29, 1.82) is 0 Å². The van der Waals surface area contributed by atoms with Crippen LogP contribution in [-0.2, 0) is 22.5 Å². The third-order valence-electron chi connectivity index (χ3n) is 3.64. The van der Waals surface area contributed by atoms with Gasteiger partial charge in [-0.15, -0.1) is 11.3 Å². The van der Waals surface area contributed by atoms with Gasteiger partial charge >= 0.3 is 0 Å². The number of fused-ring (bicyclic) bond motifs is 3. The molecule has 0 aromatic carbocycles. The van der Waals surface area contributed by atoms with Crippen molar-refractivity contribution in [2.24, 2.45) is 0 Å². The van der Waals surface area contributed by atoms with E-state index in [0.29, 0.717) is 25.1 Å². The van der Waals surface area contributed by atoms with Crippen molar-refractivity contribution in [3.8, 4) is 0 Å². The first-order valence-electron chi connectivity index (χ1n) is 7.63. The summed E-state index contributed by atoms with van der Waals surface area (Å²) in [5, 5.41) is 9.04. The van der Waals surface area contributed by atoms with E-state index < -0.39 is 0 Å². The number of hydrogen-bond acceptors (Lipinski definition) is 5. The number of carbonyl (C=O) groups is 1. The van der Waals surface area contributed by atoms with Gasteiger partial charge < -0.3 is 10.1 Å². The van der Waals surface area contributed by atoms with Gasteiger partial charge in [0.15, 0.2) is 0 Å². The summed E-state index contributed by atoms with van der Waals surface area (Å²) in [6.45, 7) is 5.97. The number of aryl methyl sites for hydroxylation is 1. The molecule has 0 atom stereocenters. The van der Waals surface area contributed by atoms with E-state index in [-0.39, 0.29) is 18.0 Å². The highest BCUT2D eigenvalue weighted by Crippen LogP contribution is 2.24. The molecular formula is C16H18N4O3S. The molecule has 0 fully saturated rings. The summed E-state index contributed by atoms with van der Waals surface area (Å²) in [7, 11) is 0. The van der Waals surface area contributed by atoms with Gasteiger partial charge in [-0.3, -0.25) is 14.0 Å². The van der Waals surface area contributed by atoms with Crippen molar-refractivity contribution in [3.05, 3.63) is 46.5 Å². The third kappa shape index (κ3) is 2.92. The SMILES string of the molecule is C=COCCNC(=O)Cn1nc(CC)n2c(cc3sccc32)c1=O. The van der Waals surface area contributed by atoms with E-state index in [1.165, 1.54) is 10.9 Å².